The molecule has 0 spiro atoms. The number of hydrogen-bond acceptors (Lipinski definition) is 2. The van der Waals surface area contributed by atoms with Gasteiger partial charge in [-0.25, -0.2) is 0 Å². The number of allylic oxidation sites excluding steroid dienone is 1. The highest BCUT2D eigenvalue weighted by atomic mass is 16.5. The number of ether oxygens (including phenoxy) is 1. The number of benzene rings is 1. The zero-order chi connectivity index (χ0) is 12.1. The number of rotatable bonds is 3. The molecule has 17 heavy (non-hydrogen) atoms. The first-order valence-corrected chi connectivity index (χ1v) is 6.40. The third-order valence-electron chi connectivity index (χ3n) is 3.45. The molecule has 2 N–H and O–H groups in total. The summed E-state index contributed by atoms with van der Waals surface area (Å²) in [7, 11) is 1.70. The Hall–Kier alpha value is -1.28. The zero-order valence-corrected chi connectivity index (χ0v) is 10.5. The smallest absolute Gasteiger partial charge is 0.123 e. The van der Waals surface area contributed by atoms with E-state index in [1.165, 1.54) is 24.8 Å². The van der Waals surface area contributed by atoms with Gasteiger partial charge in [0.25, 0.3) is 0 Å². The van der Waals surface area contributed by atoms with Gasteiger partial charge < -0.3 is 10.5 Å². The van der Waals surface area contributed by atoms with Crippen molar-refractivity contribution in [3.05, 3.63) is 41.5 Å². The molecule has 2 nitrogen and oxygen atoms in total. The molecule has 0 aliphatic heterocycles. The minimum Gasteiger partial charge on any atom is -0.496 e. The molecule has 92 valence electrons. The Bertz CT molecular complexity index is 398. The molecule has 0 saturated heterocycles. The summed E-state index contributed by atoms with van der Waals surface area (Å²) in [6, 6.07) is 8.04. The van der Waals surface area contributed by atoms with E-state index >= 15 is 0 Å². The molecule has 0 saturated carbocycles. The van der Waals surface area contributed by atoms with Gasteiger partial charge in [-0.05, 0) is 31.7 Å². The summed E-state index contributed by atoms with van der Waals surface area (Å²) in [6.07, 6.45) is 8.48. The molecule has 1 aliphatic carbocycles. The van der Waals surface area contributed by atoms with E-state index in [4.69, 9.17) is 10.5 Å². The minimum atomic E-state index is -0.00995. The summed E-state index contributed by atoms with van der Waals surface area (Å²) in [5, 5.41) is 0. The fourth-order valence-electron chi connectivity index (χ4n) is 2.45. The highest BCUT2D eigenvalue weighted by Crippen LogP contribution is 2.32. The summed E-state index contributed by atoms with van der Waals surface area (Å²) in [5.41, 5.74) is 8.84. The van der Waals surface area contributed by atoms with E-state index in [1.807, 2.05) is 18.2 Å². The second-order valence-corrected chi connectivity index (χ2v) is 4.60. The first kappa shape index (κ1) is 12.2. The van der Waals surface area contributed by atoms with Crippen LogP contribution in [0, 0.1) is 0 Å². The van der Waals surface area contributed by atoms with Crippen LogP contribution >= 0.6 is 0 Å². The molecule has 0 amide bonds. The number of para-hydroxylation sites is 1. The highest BCUT2D eigenvalue weighted by Gasteiger charge is 2.16. The van der Waals surface area contributed by atoms with E-state index in [2.05, 4.69) is 12.1 Å². The van der Waals surface area contributed by atoms with Crippen molar-refractivity contribution in [1.29, 1.82) is 0 Å². The van der Waals surface area contributed by atoms with Gasteiger partial charge in [-0.3, -0.25) is 0 Å². The monoisotopic (exact) mass is 231 g/mol. The second kappa shape index (κ2) is 5.87. The van der Waals surface area contributed by atoms with Crippen LogP contribution in [-0.2, 0) is 0 Å². The third kappa shape index (κ3) is 2.89. The average molecular weight is 231 g/mol. The molecule has 1 aliphatic rings. The Morgan fingerprint density at radius 3 is 2.82 bits per heavy atom. The van der Waals surface area contributed by atoms with Crippen LogP contribution in [0.25, 0.3) is 0 Å². The van der Waals surface area contributed by atoms with Crippen molar-refractivity contribution in [2.75, 3.05) is 7.11 Å². The fraction of sp³-hybridized carbons (Fsp3) is 0.467. The van der Waals surface area contributed by atoms with E-state index in [-0.39, 0.29) is 6.04 Å². The van der Waals surface area contributed by atoms with E-state index in [9.17, 15) is 0 Å². The summed E-state index contributed by atoms with van der Waals surface area (Å²) in [4.78, 5) is 0. The van der Waals surface area contributed by atoms with Crippen LogP contribution < -0.4 is 10.5 Å². The molecule has 0 radical (unpaired) electrons. The fourth-order valence-corrected chi connectivity index (χ4v) is 2.45. The average Bonchev–Trinajstić information content (AvgIpc) is 2.66. The maximum atomic E-state index is 6.37. The van der Waals surface area contributed by atoms with Gasteiger partial charge in [-0.15, -0.1) is 0 Å². The summed E-state index contributed by atoms with van der Waals surface area (Å²) < 4.78 is 5.38. The molecular weight excluding hydrogens is 210 g/mol. The lowest BCUT2D eigenvalue weighted by Gasteiger charge is -2.18. The normalized spacial score (nSPS) is 18.1. The lowest BCUT2D eigenvalue weighted by atomic mass is 9.95. The van der Waals surface area contributed by atoms with Crippen molar-refractivity contribution >= 4 is 0 Å². The van der Waals surface area contributed by atoms with Crippen LogP contribution in [0.1, 0.15) is 43.7 Å². The summed E-state index contributed by atoms with van der Waals surface area (Å²) in [5.74, 6) is 0.894. The Balaban J connectivity index is 2.23. The lowest BCUT2D eigenvalue weighted by Crippen LogP contribution is -2.14. The lowest BCUT2D eigenvalue weighted by molar-refractivity contribution is 0.407. The maximum absolute atomic E-state index is 6.37. The zero-order valence-electron chi connectivity index (χ0n) is 10.5. The predicted octanol–water partition coefficient (Wildman–Crippen LogP) is 3.59. The first-order chi connectivity index (χ1) is 8.33. The Morgan fingerprint density at radius 1 is 1.18 bits per heavy atom. The molecule has 1 aromatic rings. The number of nitrogens with two attached hydrogens (primary N) is 1. The van der Waals surface area contributed by atoms with Crippen molar-refractivity contribution in [2.45, 2.75) is 38.1 Å². The second-order valence-electron chi connectivity index (χ2n) is 4.60. The quantitative estimate of drug-likeness (QED) is 0.807. The molecule has 0 aromatic heterocycles. The number of hydrogen-bond donors (Lipinski definition) is 1. The Labute approximate surface area is 103 Å². The van der Waals surface area contributed by atoms with Gasteiger partial charge in [0.1, 0.15) is 5.75 Å². The van der Waals surface area contributed by atoms with Crippen molar-refractivity contribution < 1.29 is 4.74 Å². The topological polar surface area (TPSA) is 35.2 Å². The largest absolute Gasteiger partial charge is 0.496 e. The van der Waals surface area contributed by atoms with Crippen LogP contribution in [0.3, 0.4) is 0 Å². The van der Waals surface area contributed by atoms with Crippen molar-refractivity contribution in [3.63, 3.8) is 0 Å². The number of methoxy groups -OCH3 is 1. The van der Waals surface area contributed by atoms with Gasteiger partial charge in [0, 0.05) is 5.56 Å². The predicted molar refractivity (Wildman–Crippen MR) is 71.1 cm³/mol. The third-order valence-corrected chi connectivity index (χ3v) is 3.45. The SMILES string of the molecule is COc1ccccc1C(N)C1=CCCCCC1. The van der Waals surface area contributed by atoms with Gasteiger partial charge in [-0.2, -0.15) is 0 Å². The van der Waals surface area contributed by atoms with Gasteiger partial charge in [0.2, 0.25) is 0 Å². The van der Waals surface area contributed by atoms with Gasteiger partial charge in [-0.1, -0.05) is 36.3 Å². The van der Waals surface area contributed by atoms with Crippen LogP contribution in [0.2, 0.25) is 0 Å². The van der Waals surface area contributed by atoms with E-state index < -0.39 is 0 Å². The minimum absolute atomic E-state index is 0.00995. The Morgan fingerprint density at radius 2 is 2.00 bits per heavy atom. The van der Waals surface area contributed by atoms with Crippen LogP contribution in [0.4, 0.5) is 0 Å². The van der Waals surface area contributed by atoms with Crippen LogP contribution in [0.5, 0.6) is 5.75 Å². The standard InChI is InChI=1S/C15H21NO/c1-17-14-11-7-6-10-13(14)15(16)12-8-4-2-3-5-9-12/h6-8,10-11,15H,2-5,9,16H2,1H3. The molecular formula is C15H21NO. The van der Waals surface area contributed by atoms with E-state index in [0.717, 1.165) is 24.2 Å². The molecule has 0 fully saturated rings. The Kier molecular flexibility index (Phi) is 4.21. The summed E-state index contributed by atoms with van der Waals surface area (Å²) in [6.45, 7) is 0. The molecule has 1 atom stereocenters. The maximum Gasteiger partial charge on any atom is 0.123 e. The van der Waals surface area contributed by atoms with Crippen LogP contribution in [-0.4, -0.2) is 7.11 Å². The van der Waals surface area contributed by atoms with E-state index in [0.29, 0.717) is 0 Å². The first-order valence-electron chi connectivity index (χ1n) is 6.40. The van der Waals surface area contributed by atoms with Crippen molar-refractivity contribution in [3.8, 4) is 5.75 Å². The molecule has 0 heterocycles. The molecule has 2 heteroatoms. The van der Waals surface area contributed by atoms with E-state index in [1.54, 1.807) is 7.11 Å². The molecule has 1 aromatic carbocycles. The van der Waals surface area contributed by atoms with Crippen molar-refractivity contribution in [1.82, 2.24) is 0 Å². The highest BCUT2D eigenvalue weighted by molar-refractivity contribution is 5.40. The molecule has 2 rings (SSSR count). The molecule has 1 unspecified atom stereocenters. The molecule has 0 bridgehead atoms. The van der Waals surface area contributed by atoms with Gasteiger partial charge in [0.05, 0.1) is 13.2 Å². The summed E-state index contributed by atoms with van der Waals surface area (Å²) >= 11 is 0. The van der Waals surface area contributed by atoms with Gasteiger partial charge in [0.15, 0.2) is 0 Å². The van der Waals surface area contributed by atoms with Gasteiger partial charge >= 0.3 is 0 Å². The van der Waals surface area contributed by atoms with Crippen LogP contribution in [0.15, 0.2) is 35.9 Å². The van der Waals surface area contributed by atoms with Crippen molar-refractivity contribution in [2.24, 2.45) is 5.73 Å².